The molecule has 0 aliphatic rings. The Kier molecular flexibility index (Phi) is 2.68. The van der Waals surface area contributed by atoms with Crippen LogP contribution in [0.4, 0.5) is 10.1 Å². The molecule has 0 spiro atoms. The Morgan fingerprint density at radius 3 is 2.78 bits per heavy atom. The number of rotatable bonds is 3. The Bertz CT molecular complexity index is 658. The molecule has 1 heterocycles. The van der Waals surface area contributed by atoms with Crippen molar-refractivity contribution in [3.8, 4) is 0 Å². The number of benzene rings is 2. The van der Waals surface area contributed by atoms with E-state index in [0.717, 1.165) is 22.2 Å². The normalized spacial score (nSPS) is 10.7. The van der Waals surface area contributed by atoms with Crippen LogP contribution in [-0.2, 0) is 6.54 Å². The van der Waals surface area contributed by atoms with E-state index in [2.05, 4.69) is 15.5 Å². The molecule has 0 atom stereocenters. The van der Waals surface area contributed by atoms with Gasteiger partial charge in [-0.3, -0.25) is 5.10 Å². The van der Waals surface area contributed by atoms with E-state index in [1.54, 1.807) is 18.3 Å². The fourth-order valence-corrected chi connectivity index (χ4v) is 1.92. The third kappa shape index (κ3) is 2.05. The number of nitrogens with one attached hydrogen (secondary N) is 2. The lowest BCUT2D eigenvalue weighted by molar-refractivity contribution is 0.627. The molecule has 0 bridgehead atoms. The molecule has 3 nitrogen and oxygen atoms in total. The SMILES string of the molecule is Fc1ccc(CNc2cccc3cn[nH]c23)cc1. The molecule has 1 aromatic heterocycles. The second kappa shape index (κ2) is 4.49. The second-order valence-corrected chi connectivity index (χ2v) is 4.12. The van der Waals surface area contributed by atoms with Gasteiger partial charge in [-0.05, 0) is 23.8 Å². The largest absolute Gasteiger partial charge is 0.379 e. The Morgan fingerprint density at radius 1 is 1.11 bits per heavy atom. The lowest BCUT2D eigenvalue weighted by Gasteiger charge is -2.07. The van der Waals surface area contributed by atoms with Crippen molar-refractivity contribution in [2.75, 3.05) is 5.32 Å². The van der Waals surface area contributed by atoms with E-state index in [9.17, 15) is 4.39 Å². The average Bonchev–Trinajstić information content (AvgIpc) is 2.87. The van der Waals surface area contributed by atoms with Crippen molar-refractivity contribution in [1.82, 2.24) is 10.2 Å². The number of hydrogen-bond acceptors (Lipinski definition) is 2. The molecule has 0 unspecified atom stereocenters. The maximum Gasteiger partial charge on any atom is 0.123 e. The number of anilines is 1. The van der Waals surface area contributed by atoms with Gasteiger partial charge >= 0.3 is 0 Å². The van der Waals surface area contributed by atoms with Crippen LogP contribution >= 0.6 is 0 Å². The van der Waals surface area contributed by atoms with Crippen LogP contribution in [0, 0.1) is 5.82 Å². The van der Waals surface area contributed by atoms with Gasteiger partial charge in [-0.25, -0.2) is 4.39 Å². The van der Waals surface area contributed by atoms with Crippen LogP contribution < -0.4 is 5.32 Å². The van der Waals surface area contributed by atoms with Crippen LogP contribution in [0.3, 0.4) is 0 Å². The van der Waals surface area contributed by atoms with Crippen molar-refractivity contribution < 1.29 is 4.39 Å². The van der Waals surface area contributed by atoms with Crippen LogP contribution in [0.2, 0.25) is 0 Å². The van der Waals surface area contributed by atoms with E-state index in [4.69, 9.17) is 0 Å². The third-order valence-electron chi connectivity index (χ3n) is 2.87. The predicted molar refractivity (Wildman–Crippen MR) is 69.8 cm³/mol. The van der Waals surface area contributed by atoms with E-state index in [1.165, 1.54) is 12.1 Å². The highest BCUT2D eigenvalue weighted by atomic mass is 19.1. The lowest BCUT2D eigenvalue weighted by atomic mass is 10.2. The zero-order chi connectivity index (χ0) is 12.4. The average molecular weight is 241 g/mol. The van der Waals surface area contributed by atoms with Crippen molar-refractivity contribution in [1.29, 1.82) is 0 Å². The van der Waals surface area contributed by atoms with Gasteiger partial charge in [-0.1, -0.05) is 24.3 Å². The lowest BCUT2D eigenvalue weighted by Crippen LogP contribution is -1.99. The van der Waals surface area contributed by atoms with Crippen LogP contribution in [0.15, 0.2) is 48.7 Å². The molecule has 2 aromatic carbocycles. The number of hydrogen-bond donors (Lipinski definition) is 2. The Labute approximate surface area is 104 Å². The topological polar surface area (TPSA) is 40.7 Å². The van der Waals surface area contributed by atoms with E-state index in [1.807, 2.05) is 18.2 Å². The van der Waals surface area contributed by atoms with Crippen LogP contribution in [0.1, 0.15) is 5.56 Å². The highest BCUT2D eigenvalue weighted by Crippen LogP contribution is 2.21. The van der Waals surface area contributed by atoms with Crippen LogP contribution in [0.25, 0.3) is 10.9 Å². The van der Waals surface area contributed by atoms with Gasteiger partial charge in [0.2, 0.25) is 0 Å². The van der Waals surface area contributed by atoms with Crippen LogP contribution in [-0.4, -0.2) is 10.2 Å². The van der Waals surface area contributed by atoms with Gasteiger partial charge in [0.1, 0.15) is 5.82 Å². The van der Waals surface area contributed by atoms with Gasteiger partial charge in [0.15, 0.2) is 0 Å². The highest BCUT2D eigenvalue weighted by molar-refractivity contribution is 5.89. The minimum Gasteiger partial charge on any atom is -0.379 e. The standard InChI is InChI=1S/C14H12FN3/c15-12-6-4-10(5-7-12)8-16-13-3-1-2-11-9-17-18-14(11)13/h1-7,9,16H,8H2,(H,17,18). The molecule has 18 heavy (non-hydrogen) atoms. The van der Waals surface area contributed by atoms with Crippen LogP contribution in [0.5, 0.6) is 0 Å². The van der Waals surface area contributed by atoms with Gasteiger partial charge in [-0.15, -0.1) is 0 Å². The molecule has 0 saturated heterocycles. The molecule has 0 fully saturated rings. The van der Waals surface area contributed by atoms with Crippen molar-refractivity contribution >= 4 is 16.6 Å². The van der Waals surface area contributed by atoms with Crippen molar-refractivity contribution in [2.24, 2.45) is 0 Å². The predicted octanol–water partition coefficient (Wildman–Crippen LogP) is 3.31. The molecular formula is C14H12FN3. The van der Waals surface area contributed by atoms with Gasteiger partial charge in [0.05, 0.1) is 17.4 Å². The van der Waals surface area contributed by atoms with Crippen molar-refractivity contribution in [3.05, 3.63) is 60.0 Å². The summed E-state index contributed by atoms with van der Waals surface area (Å²) in [6.45, 7) is 0.651. The fraction of sp³-hybridized carbons (Fsp3) is 0.0714. The van der Waals surface area contributed by atoms with E-state index >= 15 is 0 Å². The first kappa shape index (κ1) is 10.8. The molecule has 0 aliphatic carbocycles. The summed E-state index contributed by atoms with van der Waals surface area (Å²) in [6.07, 6.45) is 1.79. The maximum absolute atomic E-state index is 12.8. The summed E-state index contributed by atoms with van der Waals surface area (Å²) in [7, 11) is 0. The molecular weight excluding hydrogens is 229 g/mol. The summed E-state index contributed by atoms with van der Waals surface area (Å²) in [4.78, 5) is 0. The molecule has 2 N–H and O–H groups in total. The zero-order valence-corrected chi connectivity index (χ0v) is 9.65. The van der Waals surface area contributed by atoms with Crippen molar-refractivity contribution in [2.45, 2.75) is 6.54 Å². The molecule has 0 radical (unpaired) electrons. The van der Waals surface area contributed by atoms with Gasteiger partial charge < -0.3 is 5.32 Å². The maximum atomic E-state index is 12.8. The first-order valence-corrected chi connectivity index (χ1v) is 5.73. The minimum absolute atomic E-state index is 0.214. The number of halogens is 1. The molecule has 4 heteroatoms. The molecule has 0 saturated carbocycles. The molecule has 3 rings (SSSR count). The summed E-state index contributed by atoms with van der Waals surface area (Å²) in [5, 5.41) is 11.4. The van der Waals surface area contributed by atoms with E-state index < -0.39 is 0 Å². The summed E-state index contributed by atoms with van der Waals surface area (Å²) in [6, 6.07) is 12.4. The number of aromatic nitrogens is 2. The van der Waals surface area contributed by atoms with Gasteiger partial charge in [0.25, 0.3) is 0 Å². The molecule has 0 amide bonds. The summed E-state index contributed by atoms with van der Waals surface area (Å²) < 4.78 is 12.8. The van der Waals surface area contributed by atoms with Gasteiger partial charge in [0, 0.05) is 11.9 Å². The monoisotopic (exact) mass is 241 g/mol. The molecule has 0 aliphatic heterocycles. The number of para-hydroxylation sites is 1. The molecule has 3 aromatic rings. The van der Waals surface area contributed by atoms with E-state index in [-0.39, 0.29) is 5.82 Å². The van der Waals surface area contributed by atoms with Crippen molar-refractivity contribution in [3.63, 3.8) is 0 Å². The number of fused-ring (bicyclic) bond motifs is 1. The second-order valence-electron chi connectivity index (χ2n) is 4.12. The Morgan fingerprint density at radius 2 is 1.94 bits per heavy atom. The summed E-state index contributed by atoms with van der Waals surface area (Å²) in [5.74, 6) is -0.214. The fourth-order valence-electron chi connectivity index (χ4n) is 1.92. The first-order valence-electron chi connectivity index (χ1n) is 5.73. The first-order chi connectivity index (χ1) is 8.83. The Hall–Kier alpha value is -2.36. The summed E-state index contributed by atoms with van der Waals surface area (Å²) in [5.41, 5.74) is 3.02. The summed E-state index contributed by atoms with van der Waals surface area (Å²) >= 11 is 0. The zero-order valence-electron chi connectivity index (χ0n) is 9.65. The smallest absolute Gasteiger partial charge is 0.123 e. The Balaban J connectivity index is 1.80. The van der Waals surface area contributed by atoms with E-state index in [0.29, 0.717) is 6.54 Å². The highest BCUT2D eigenvalue weighted by Gasteiger charge is 2.02. The number of aromatic amines is 1. The molecule has 90 valence electrons. The quantitative estimate of drug-likeness (QED) is 0.738. The number of H-pyrrole nitrogens is 1. The number of nitrogens with zero attached hydrogens (tertiary/aromatic N) is 1. The minimum atomic E-state index is -0.214. The third-order valence-corrected chi connectivity index (χ3v) is 2.87. The van der Waals surface area contributed by atoms with Gasteiger partial charge in [-0.2, -0.15) is 5.10 Å².